The molecule has 0 atom stereocenters. The SMILES string of the molecule is Clc1ccc2nc(-c3c[nH]c4ccccc34)nc(-c3ccccc3)c2c1. The van der Waals surface area contributed by atoms with Gasteiger partial charge in [0.25, 0.3) is 0 Å². The largest absolute Gasteiger partial charge is 0.360 e. The van der Waals surface area contributed by atoms with E-state index in [1.807, 2.05) is 54.7 Å². The second-order valence-electron chi connectivity index (χ2n) is 6.17. The molecule has 0 spiro atoms. The maximum Gasteiger partial charge on any atom is 0.162 e. The van der Waals surface area contributed by atoms with E-state index in [9.17, 15) is 0 Å². The molecule has 0 fully saturated rings. The minimum Gasteiger partial charge on any atom is -0.360 e. The molecule has 2 heterocycles. The molecule has 0 unspecified atom stereocenters. The molecule has 2 aromatic heterocycles. The van der Waals surface area contributed by atoms with E-state index in [0.29, 0.717) is 10.8 Å². The van der Waals surface area contributed by atoms with Crippen molar-refractivity contribution < 1.29 is 0 Å². The third-order valence-corrected chi connectivity index (χ3v) is 4.77. The van der Waals surface area contributed by atoms with Crippen molar-refractivity contribution in [1.82, 2.24) is 15.0 Å². The predicted molar refractivity (Wildman–Crippen MR) is 107 cm³/mol. The number of fused-ring (bicyclic) bond motifs is 2. The number of nitrogens with one attached hydrogen (secondary N) is 1. The van der Waals surface area contributed by atoms with Crippen LogP contribution in [0.25, 0.3) is 44.5 Å². The second-order valence-corrected chi connectivity index (χ2v) is 6.61. The molecule has 124 valence electrons. The zero-order chi connectivity index (χ0) is 17.5. The Labute approximate surface area is 155 Å². The molecule has 1 N–H and O–H groups in total. The molecule has 0 saturated heterocycles. The Hall–Kier alpha value is -3.17. The fourth-order valence-corrected chi connectivity index (χ4v) is 3.47. The normalized spacial score (nSPS) is 11.3. The van der Waals surface area contributed by atoms with E-state index >= 15 is 0 Å². The third-order valence-electron chi connectivity index (χ3n) is 4.54. The van der Waals surface area contributed by atoms with Gasteiger partial charge in [0.05, 0.1) is 11.2 Å². The highest BCUT2D eigenvalue weighted by molar-refractivity contribution is 6.31. The summed E-state index contributed by atoms with van der Waals surface area (Å²) < 4.78 is 0. The van der Waals surface area contributed by atoms with E-state index in [-0.39, 0.29) is 0 Å². The van der Waals surface area contributed by atoms with Crippen LogP contribution in [0.2, 0.25) is 5.02 Å². The van der Waals surface area contributed by atoms with E-state index in [2.05, 4.69) is 29.2 Å². The van der Waals surface area contributed by atoms with Gasteiger partial charge in [-0.2, -0.15) is 0 Å². The summed E-state index contributed by atoms with van der Waals surface area (Å²) in [7, 11) is 0. The molecule has 0 saturated carbocycles. The Morgan fingerprint density at radius 2 is 1.58 bits per heavy atom. The first kappa shape index (κ1) is 15.1. The van der Waals surface area contributed by atoms with Crippen molar-refractivity contribution in [3.8, 4) is 22.6 Å². The number of benzene rings is 3. The van der Waals surface area contributed by atoms with Crippen LogP contribution in [-0.4, -0.2) is 15.0 Å². The van der Waals surface area contributed by atoms with E-state index in [4.69, 9.17) is 21.6 Å². The standard InChI is InChI=1S/C22H14ClN3/c23-15-10-11-20-17(12-15)21(14-6-2-1-3-7-14)26-22(25-20)18-13-24-19-9-5-4-8-16(18)19/h1-13,24H. The van der Waals surface area contributed by atoms with Gasteiger partial charge in [-0.05, 0) is 24.3 Å². The zero-order valence-corrected chi connectivity index (χ0v) is 14.5. The van der Waals surface area contributed by atoms with E-state index in [0.717, 1.165) is 38.6 Å². The Balaban J connectivity index is 1.84. The van der Waals surface area contributed by atoms with Crippen molar-refractivity contribution in [3.05, 3.63) is 84.0 Å². The first-order valence-electron chi connectivity index (χ1n) is 8.39. The number of aromatic amines is 1. The molecule has 0 radical (unpaired) electrons. The third kappa shape index (κ3) is 2.45. The second kappa shape index (κ2) is 5.97. The van der Waals surface area contributed by atoms with Gasteiger partial charge >= 0.3 is 0 Å². The smallest absolute Gasteiger partial charge is 0.162 e. The lowest BCUT2D eigenvalue weighted by Gasteiger charge is -2.09. The molecule has 0 aliphatic heterocycles. The summed E-state index contributed by atoms with van der Waals surface area (Å²) >= 11 is 6.24. The molecule has 3 aromatic carbocycles. The van der Waals surface area contributed by atoms with Crippen LogP contribution in [0.15, 0.2) is 79.0 Å². The zero-order valence-electron chi connectivity index (χ0n) is 13.8. The van der Waals surface area contributed by atoms with Crippen LogP contribution in [0.4, 0.5) is 0 Å². The lowest BCUT2D eigenvalue weighted by molar-refractivity contribution is 1.23. The molecular weight excluding hydrogens is 342 g/mol. The van der Waals surface area contributed by atoms with E-state index in [1.165, 1.54) is 0 Å². The van der Waals surface area contributed by atoms with Crippen LogP contribution in [-0.2, 0) is 0 Å². The van der Waals surface area contributed by atoms with E-state index in [1.54, 1.807) is 0 Å². The quantitative estimate of drug-likeness (QED) is 0.415. The molecule has 0 aliphatic rings. The van der Waals surface area contributed by atoms with Crippen molar-refractivity contribution in [2.45, 2.75) is 0 Å². The van der Waals surface area contributed by atoms with Gasteiger partial charge in [-0.3, -0.25) is 0 Å². The van der Waals surface area contributed by atoms with Crippen LogP contribution in [0.3, 0.4) is 0 Å². The number of aromatic nitrogens is 3. The van der Waals surface area contributed by atoms with Gasteiger partial charge < -0.3 is 4.98 Å². The number of halogens is 1. The highest BCUT2D eigenvalue weighted by Gasteiger charge is 2.14. The van der Waals surface area contributed by atoms with Gasteiger partial charge in [-0.25, -0.2) is 9.97 Å². The number of hydrogen-bond acceptors (Lipinski definition) is 2. The van der Waals surface area contributed by atoms with Crippen molar-refractivity contribution in [2.24, 2.45) is 0 Å². The molecule has 26 heavy (non-hydrogen) atoms. The Morgan fingerprint density at radius 3 is 2.46 bits per heavy atom. The molecular formula is C22H14ClN3. The van der Waals surface area contributed by atoms with Crippen LogP contribution in [0.1, 0.15) is 0 Å². The number of hydrogen-bond donors (Lipinski definition) is 1. The molecule has 0 aliphatic carbocycles. The summed E-state index contributed by atoms with van der Waals surface area (Å²) in [5.41, 5.74) is 4.88. The van der Waals surface area contributed by atoms with Gasteiger partial charge in [0.2, 0.25) is 0 Å². The minimum atomic E-state index is 0.679. The number of para-hydroxylation sites is 1. The molecule has 5 aromatic rings. The number of H-pyrrole nitrogens is 1. The highest BCUT2D eigenvalue weighted by Crippen LogP contribution is 2.33. The average Bonchev–Trinajstić information content (AvgIpc) is 3.12. The summed E-state index contributed by atoms with van der Waals surface area (Å²) in [5, 5.41) is 2.74. The maximum absolute atomic E-state index is 6.24. The van der Waals surface area contributed by atoms with Crippen LogP contribution in [0, 0.1) is 0 Å². The summed E-state index contributed by atoms with van der Waals surface area (Å²) in [6.07, 6.45) is 1.97. The van der Waals surface area contributed by atoms with Crippen molar-refractivity contribution >= 4 is 33.4 Å². The Kier molecular flexibility index (Phi) is 3.47. The predicted octanol–water partition coefficient (Wildman–Crippen LogP) is 6.10. The van der Waals surface area contributed by atoms with Crippen molar-refractivity contribution in [3.63, 3.8) is 0 Å². The van der Waals surface area contributed by atoms with Crippen molar-refractivity contribution in [1.29, 1.82) is 0 Å². The maximum atomic E-state index is 6.24. The highest BCUT2D eigenvalue weighted by atomic mass is 35.5. The lowest BCUT2D eigenvalue weighted by atomic mass is 10.1. The molecule has 5 rings (SSSR count). The average molecular weight is 356 g/mol. The van der Waals surface area contributed by atoms with Gasteiger partial charge in [0.1, 0.15) is 0 Å². The summed E-state index contributed by atoms with van der Waals surface area (Å²) in [6, 6.07) is 24.1. The molecule has 3 nitrogen and oxygen atoms in total. The summed E-state index contributed by atoms with van der Waals surface area (Å²) in [5.74, 6) is 0.705. The van der Waals surface area contributed by atoms with Crippen LogP contribution >= 0.6 is 11.6 Å². The van der Waals surface area contributed by atoms with Crippen LogP contribution < -0.4 is 0 Å². The monoisotopic (exact) mass is 355 g/mol. The minimum absolute atomic E-state index is 0.679. The Bertz CT molecular complexity index is 1240. The fraction of sp³-hybridized carbons (Fsp3) is 0. The number of nitrogens with zero attached hydrogens (tertiary/aromatic N) is 2. The molecule has 4 heteroatoms. The van der Waals surface area contributed by atoms with Gasteiger partial charge in [0.15, 0.2) is 5.82 Å². The lowest BCUT2D eigenvalue weighted by Crippen LogP contribution is -1.94. The summed E-state index contributed by atoms with van der Waals surface area (Å²) in [4.78, 5) is 13.0. The van der Waals surface area contributed by atoms with Gasteiger partial charge in [0, 0.05) is 38.6 Å². The molecule has 0 amide bonds. The topological polar surface area (TPSA) is 41.6 Å². The van der Waals surface area contributed by atoms with Gasteiger partial charge in [-0.15, -0.1) is 0 Å². The van der Waals surface area contributed by atoms with Gasteiger partial charge in [-0.1, -0.05) is 60.1 Å². The fourth-order valence-electron chi connectivity index (χ4n) is 3.29. The van der Waals surface area contributed by atoms with E-state index < -0.39 is 0 Å². The molecule has 0 bridgehead atoms. The van der Waals surface area contributed by atoms with Crippen LogP contribution in [0.5, 0.6) is 0 Å². The summed E-state index contributed by atoms with van der Waals surface area (Å²) in [6.45, 7) is 0. The first-order chi connectivity index (χ1) is 12.8. The first-order valence-corrected chi connectivity index (χ1v) is 8.76. The Morgan fingerprint density at radius 1 is 0.769 bits per heavy atom. The van der Waals surface area contributed by atoms with Crippen molar-refractivity contribution in [2.75, 3.05) is 0 Å². The number of rotatable bonds is 2.